The number of ether oxygens (including phenoxy) is 1. The van der Waals surface area contributed by atoms with Crippen LogP contribution in [0.5, 0.6) is 0 Å². The van der Waals surface area contributed by atoms with Gasteiger partial charge >= 0.3 is 0 Å². The molecule has 1 saturated heterocycles. The summed E-state index contributed by atoms with van der Waals surface area (Å²) in [6, 6.07) is 8.78. The number of rotatable bonds is 5. The van der Waals surface area contributed by atoms with Gasteiger partial charge in [0.15, 0.2) is 0 Å². The number of nitrogens with zero attached hydrogens (tertiary/aromatic N) is 1. The Morgan fingerprint density at radius 2 is 2.19 bits per heavy atom. The molecule has 1 aromatic carbocycles. The second-order valence-electron chi connectivity index (χ2n) is 6.64. The van der Waals surface area contributed by atoms with Crippen molar-refractivity contribution in [3.63, 3.8) is 0 Å². The first-order chi connectivity index (χ1) is 10.1. The van der Waals surface area contributed by atoms with Gasteiger partial charge in [0.05, 0.1) is 17.2 Å². The Balaban J connectivity index is 1.85. The van der Waals surface area contributed by atoms with E-state index in [1.165, 1.54) is 16.5 Å². The van der Waals surface area contributed by atoms with Crippen LogP contribution in [0.25, 0.3) is 10.9 Å². The van der Waals surface area contributed by atoms with Crippen molar-refractivity contribution in [2.75, 3.05) is 6.54 Å². The fourth-order valence-electron chi connectivity index (χ4n) is 3.32. The minimum Gasteiger partial charge on any atom is -0.370 e. The molecule has 114 valence electrons. The maximum absolute atomic E-state index is 6.16. The fourth-order valence-corrected chi connectivity index (χ4v) is 3.32. The normalized spacial score (nSPS) is 21.2. The van der Waals surface area contributed by atoms with Gasteiger partial charge in [-0.2, -0.15) is 0 Å². The molecular weight excluding hydrogens is 260 g/mol. The van der Waals surface area contributed by atoms with Crippen molar-refractivity contribution >= 4 is 10.9 Å². The van der Waals surface area contributed by atoms with E-state index in [0.717, 1.165) is 32.5 Å². The van der Waals surface area contributed by atoms with Crippen molar-refractivity contribution in [1.29, 1.82) is 0 Å². The zero-order chi connectivity index (χ0) is 14.9. The fraction of sp³-hybridized carbons (Fsp3) is 0.556. The summed E-state index contributed by atoms with van der Waals surface area (Å²) in [7, 11) is 0. The molecule has 1 aliphatic heterocycles. The molecule has 3 rings (SSSR count). The summed E-state index contributed by atoms with van der Waals surface area (Å²) < 4.78 is 8.52. The molecule has 0 spiro atoms. The van der Waals surface area contributed by atoms with E-state index in [4.69, 9.17) is 4.74 Å². The van der Waals surface area contributed by atoms with Crippen LogP contribution in [0.1, 0.15) is 39.2 Å². The predicted octanol–water partition coefficient (Wildman–Crippen LogP) is 3.71. The van der Waals surface area contributed by atoms with Crippen LogP contribution in [0.4, 0.5) is 0 Å². The van der Waals surface area contributed by atoms with Gasteiger partial charge in [-0.25, -0.2) is 0 Å². The molecule has 0 saturated carbocycles. The highest BCUT2D eigenvalue weighted by atomic mass is 16.5. The number of benzene rings is 1. The lowest BCUT2D eigenvalue weighted by atomic mass is 10.1. The molecule has 0 radical (unpaired) electrons. The Kier molecular flexibility index (Phi) is 4.05. The van der Waals surface area contributed by atoms with Crippen LogP contribution < -0.4 is 5.32 Å². The quantitative estimate of drug-likeness (QED) is 0.907. The number of para-hydroxylation sites is 1. The van der Waals surface area contributed by atoms with E-state index in [2.05, 4.69) is 61.1 Å². The maximum atomic E-state index is 6.16. The lowest BCUT2D eigenvalue weighted by molar-refractivity contribution is -0.0212. The number of nitrogens with one attached hydrogen (secondary N) is 1. The number of hydrogen-bond acceptors (Lipinski definition) is 2. The van der Waals surface area contributed by atoms with Crippen LogP contribution in [0.3, 0.4) is 0 Å². The smallest absolute Gasteiger partial charge is 0.0762 e. The van der Waals surface area contributed by atoms with Crippen LogP contribution in [0, 0.1) is 0 Å². The maximum Gasteiger partial charge on any atom is 0.0762 e. The molecule has 0 amide bonds. The average molecular weight is 286 g/mol. The highest BCUT2D eigenvalue weighted by Crippen LogP contribution is 2.31. The minimum atomic E-state index is 0.0419. The third-order valence-electron chi connectivity index (χ3n) is 4.39. The van der Waals surface area contributed by atoms with Gasteiger partial charge < -0.3 is 14.6 Å². The third kappa shape index (κ3) is 3.14. The highest BCUT2D eigenvalue weighted by molar-refractivity contribution is 5.83. The summed E-state index contributed by atoms with van der Waals surface area (Å²) in [5.41, 5.74) is 2.77. The second-order valence-corrected chi connectivity index (χ2v) is 6.64. The van der Waals surface area contributed by atoms with Crippen molar-refractivity contribution in [3.8, 4) is 0 Å². The molecule has 3 heteroatoms. The summed E-state index contributed by atoms with van der Waals surface area (Å²) in [5.74, 6) is 0. The van der Waals surface area contributed by atoms with Gasteiger partial charge in [-0.05, 0) is 50.2 Å². The van der Waals surface area contributed by atoms with Crippen LogP contribution in [0.2, 0.25) is 0 Å². The molecule has 2 heterocycles. The van der Waals surface area contributed by atoms with Crippen LogP contribution in [0.15, 0.2) is 30.5 Å². The Morgan fingerprint density at radius 1 is 1.33 bits per heavy atom. The van der Waals surface area contributed by atoms with E-state index in [-0.39, 0.29) is 5.60 Å². The zero-order valence-corrected chi connectivity index (χ0v) is 13.4. The van der Waals surface area contributed by atoms with Gasteiger partial charge in [-0.3, -0.25) is 0 Å². The topological polar surface area (TPSA) is 26.2 Å². The molecule has 1 aliphatic rings. The Labute approximate surface area is 127 Å². The molecule has 21 heavy (non-hydrogen) atoms. The van der Waals surface area contributed by atoms with E-state index in [1.54, 1.807) is 0 Å². The largest absolute Gasteiger partial charge is 0.370 e. The van der Waals surface area contributed by atoms with Crippen molar-refractivity contribution in [3.05, 3.63) is 36.0 Å². The summed E-state index contributed by atoms with van der Waals surface area (Å²) >= 11 is 0. The van der Waals surface area contributed by atoms with Crippen molar-refractivity contribution in [2.24, 2.45) is 0 Å². The van der Waals surface area contributed by atoms with Crippen molar-refractivity contribution in [1.82, 2.24) is 9.88 Å². The zero-order valence-electron chi connectivity index (χ0n) is 13.4. The number of hydrogen-bond donors (Lipinski definition) is 1. The molecule has 2 aromatic rings. The van der Waals surface area contributed by atoms with E-state index in [0.29, 0.717) is 6.10 Å². The number of fused-ring (bicyclic) bond motifs is 1. The highest BCUT2D eigenvalue weighted by Gasteiger charge is 2.31. The molecule has 1 aromatic heterocycles. The van der Waals surface area contributed by atoms with E-state index in [9.17, 15) is 0 Å². The Hall–Kier alpha value is -1.32. The lowest BCUT2D eigenvalue weighted by Crippen LogP contribution is -2.23. The summed E-state index contributed by atoms with van der Waals surface area (Å²) in [4.78, 5) is 0. The standard InChI is InChI=1S/C18H26N2O/c1-4-19-12-15-7-5-6-14-9-11-20(17(14)15)13-16-8-10-18(2,3)21-16/h5-7,9,11,16,19H,4,8,10,12-13H2,1-3H3. The van der Waals surface area contributed by atoms with Crippen molar-refractivity contribution < 1.29 is 4.74 Å². The number of aromatic nitrogens is 1. The molecule has 0 aliphatic carbocycles. The van der Waals surface area contributed by atoms with E-state index < -0.39 is 0 Å². The van der Waals surface area contributed by atoms with Crippen LogP contribution in [-0.2, 0) is 17.8 Å². The predicted molar refractivity (Wildman–Crippen MR) is 87.5 cm³/mol. The Bertz CT molecular complexity index is 615. The SMILES string of the molecule is CCNCc1cccc2ccn(CC3CCC(C)(C)O3)c12. The van der Waals surface area contributed by atoms with E-state index in [1.807, 2.05) is 0 Å². The summed E-state index contributed by atoms with van der Waals surface area (Å²) in [5, 5.41) is 4.76. The first-order valence-corrected chi connectivity index (χ1v) is 8.04. The minimum absolute atomic E-state index is 0.0419. The molecule has 0 bridgehead atoms. The lowest BCUT2D eigenvalue weighted by Gasteiger charge is -2.20. The summed E-state index contributed by atoms with van der Waals surface area (Å²) in [6.07, 6.45) is 4.85. The van der Waals surface area contributed by atoms with Gasteiger partial charge in [0.1, 0.15) is 0 Å². The molecule has 1 N–H and O–H groups in total. The molecular formula is C18H26N2O. The first-order valence-electron chi connectivity index (χ1n) is 8.04. The third-order valence-corrected chi connectivity index (χ3v) is 4.39. The van der Waals surface area contributed by atoms with Crippen LogP contribution >= 0.6 is 0 Å². The van der Waals surface area contributed by atoms with E-state index >= 15 is 0 Å². The van der Waals surface area contributed by atoms with Crippen LogP contribution in [-0.4, -0.2) is 22.8 Å². The van der Waals surface area contributed by atoms with Gasteiger partial charge in [-0.1, -0.05) is 25.1 Å². The van der Waals surface area contributed by atoms with Gasteiger partial charge in [-0.15, -0.1) is 0 Å². The summed E-state index contributed by atoms with van der Waals surface area (Å²) in [6.45, 7) is 9.41. The van der Waals surface area contributed by atoms with Crippen molar-refractivity contribution in [2.45, 2.75) is 58.4 Å². The van der Waals surface area contributed by atoms with Gasteiger partial charge in [0.2, 0.25) is 0 Å². The second kappa shape index (κ2) is 5.82. The van der Waals surface area contributed by atoms with Gasteiger partial charge in [0.25, 0.3) is 0 Å². The first kappa shape index (κ1) is 14.6. The molecule has 1 fully saturated rings. The molecule has 1 atom stereocenters. The van der Waals surface area contributed by atoms with Gasteiger partial charge in [0, 0.05) is 19.3 Å². The monoisotopic (exact) mass is 286 g/mol. The molecule has 1 unspecified atom stereocenters. The molecule has 3 nitrogen and oxygen atoms in total. The average Bonchev–Trinajstić information content (AvgIpc) is 3.01. The Morgan fingerprint density at radius 3 is 2.90 bits per heavy atom.